The van der Waals surface area contributed by atoms with Crippen LogP contribution in [0.25, 0.3) is 0 Å². The molecule has 0 aliphatic carbocycles. The van der Waals surface area contributed by atoms with Gasteiger partial charge >= 0.3 is 0 Å². The molecule has 3 aliphatic heterocycles. The molecule has 5 atom stereocenters. The Morgan fingerprint density at radius 2 is 1.84 bits per heavy atom. The average molecular weight is 526 g/mol. The van der Waals surface area contributed by atoms with E-state index < -0.39 is 27.4 Å². The molecule has 3 heterocycles. The molecule has 4 rings (SSSR count). The Kier molecular flexibility index (Phi) is 7.91. The summed E-state index contributed by atoms with van der Waals surface area (Å²) in [6.45, 7) is 14.6. The third-order valence-corrected chi connectivity index (χ3v) is 10.2. The Hall–Kier alpha value is -2.58. The van der Waals surface area contributed by atoms with Crippen molar-refractivity contribution in [2.24, 2.45) is 11.8 Å². The van der Waals surface area contributed by atoms with Gasteiger partial charge in [0.05, 0.1) is 16.6 Å². The molecule has 1 aromatic carbocycles. The van der Waals surface area contributed by atoms with Gasteiger partial charge in [0.15, 0.2) is 0 Å². The number of hydrogen-bond donors (Lipinski definition) is 1. The second kappa shape index (κ2) is 10.7. The molecule has 7 nitrogen and oxygen atoms in total. The summed E-state index contributed by atoms with van der Waals surface area (Å²) in [5, 5.41) is 9.57. The molecule has 1 spiro atoms. The predicted octanol–water partition coefficient (Wildman–Crippen LogP) is 3.49. The van der Waals surface area contributed by atoms with Crippen molar-refractivity contribution >= 4 is 35.2 Å². The molecule has 200 valence electrons. The minimum absolute atomic E-state index is 0.0615. The zero-order valence-electron chi connectivity index (χ0n) is 22.1. The van der Waals surface area contributed by atoms with Crippen LogP contribution in [0.1, 0.15) is 40.0 Å². The lowest BCUT2D eigenvalue weighted by Crippen LogP contribution is -2.56. The molecule has 2 bridgehead atoms. The number of likely N-dealkylation sites (tertiary alicyclic amines) is 1. The molecule has 0 radical (unpaired) electrons. The van der Waals surface area contributed by atoms with E-state index >= 15 is 0 Å². The van der Waals surface area contributed by atoms with Crippen LogP contribution in [-0.4, -0.2) is 80.4 Å². The molecule has 1 N–H and O–H groups in total. The van der Waals surface area contributed by atoms with Crippen LogP contribution in [0.2, 0.25) is 0 Å². The number of nitrogens with zero attached hydrogens (tertiary/aromatic N) is 3. The molecule has 37 heavy (non-hydrogen) atoms. The summed E-state index contributed by atoms with van der Waals surface area (Å²) in [5.41, 5.74) is 0.769. The number of carbonyl (C=O) groups is 3. The summed E-state index contributed by atoms with van der Waals surface area (Å²) in [7, 11) is 0. The van der Waals surface area contributed by atoms with E-state index in [0.29, 0.717) is 25.9 Å². The summed E-state index contributed by atoms with van der Waals surface area (Å²) >= 11 is 1.67. The molecule has 3 saturated heterocycles. The van der Waals surface area contributed by atoms with Crippen LogP contribution >= 0.6 is 11.8 Å². The quantitative estimate of drug-likeness (QED) is 0.448. The lowest BCUT2D eigenvalue weighted by atomic mass is 9.66. The Labute approximate surface area is 224 Å². The number of carbonyl (C=O) groups excluding carboxylic acids is 3. The maximum Gasteiger partial charge on any atom is 0.247 e. The second-order valence-electron chi connectivity index (χ2n) is 10.8. The lowest BCUT2D eigenvalue weighted by Gasteiger charge is -2.39. The number of anilines is 1. The van der Waals surface area contributed by atoms with Crippen LogP contribution in [-0.2, 0) is 14.4 Å². The van der Waals surface area contributed by atoms with Crippen molar-refractivity contribution < 1.29 is 19.5 Å². The molecule has 0 saturated carbocycles. The van der Waals surface area contributed by atoms with Crippen molar-refractivity contribution in [2.75, 3.05) is 31.1 Å². The highest BCUT2D eigenvalue weighted by Gasteiger charge is 2.77. The monoisotopic (exact) mass is 525 g/mol. The molecule has 0 aromatic heterocycles. The van der Waals surface area contributed by atoms with Crippen molar-refractivity contribution in [2.45, 2.75) is 61.6 Å². The third kappa shape index (κ3) is 4.42. The minimum atomic E-state index is -0.677. The largest absolute Gasteiger partial charge is 0.396 e. The Morgan fingerprint density at radius 3 is 2.43 bits per heavy atom. The first-order chi connectivity index (χ1) is 17.7. The summed E-state index contributed by atoms with van der Waals surface area (Å²) in [6.07, 6.45) is 5.26. The molecule has 8 heteroatoms. The number of aliphatic hydroxyl groups is 1. The van der Waals surface area contributed by atoms with Crippen LogP contribution in [0, 0.1) is 11.8 Å². The minimum Gasteiger partial charge on any atom is -0.396 e. The Morgan fingerprint density at radius 1 is 1.16 bits per heavy atom. The van der Waals surface area contributed by atoms with Gasteiger partial charge in [-0.3, -0.25) is 14.4 Å². The molecule has 3 amide bonds. The van der Waals surface area contributed by atoms with E-state index in [2.05, 4.69) is 20.1 Å². The highest BCUT2D eigenvalue weighted by Crippen LogP contribution is 2.71. The maximum atomic E-state index is 14.3. The van der Waals surface area contributed by atoms with Gasteiger partial charge in [0.1, 0.15) is 6.04 Å². The lowest BCUT2D eigenvalue weighted by molar-refractivity contribution is -0.143. The normalized spacial score (nSPS) is 29.9. The number of rotatable bonds is 11. The van der Waals surface area contributed by atoms with Crippen molar-refractivity contribution in [3.05, 3.63) is 55.6 Å². The topological polar surface area (TPSA) is 81.2 Å². The Bertz CT molecular complexity index is 1060. The summed E-state index contributed by atoms with van der Waals surface area (Å²) in [5.74, 6) is -1.48. The predicted molar refractivity (Wildman–Crippen MR) is 148 cm³/mol. The molecule has 3 aliphatic rings. The first kappa shape index (κ1) is 27.5. The number of amides is 3. The van der Waals surface area contributed by atoms with E-state index in [1.54, 1.807) is 38.6 Å². The van der Waals surface area contributed by atoms with Crippen molar-refractivity contribution in [3.8, 4) is 0 Å². The van der Waals surface area contributed by atoms with E-state index in [1.165, 1.54) is 0 Å². The first-order valence-corrected chi connectivity index (χ1v) is 14.0. The number of aliphatic hydroxyl groups excluding tert-OH is 1. The fourth-order valence-corrected chi connectivity index (χ4v) is 8.99. The smallest absolute Gasteiger partial charge is 0.247 e. The van der Waals surface area contributed by atoms with E-state index in [0.717, 1.165) is 12.1 Å². The van der Waals surface area contributed by atoms with Crippen LogP contribution in [0.5, 0.6) is 0 Å². The number of para-hydroxylation sites is 1. The molecule has 2 unspecified atom stereocenters. The molecular formula is C29H39N3O4S. The SMILES string of the molecule is C=CCN(C(=O)[C@H]1[C@H]2C(=O)N(CCCO)C(C(=O)N(CC=C)C(C)C)C23CC[C@]1(C)S3)c1ccccc1. The first-order valence-electron chi connectivity index (χ1n) is 13.2. The van der Waals surface area contributed by atoms with Gasteiger partial charge in [-0.1, -0.05) is 30.4 Å². The van der Waals surface area contributed by atoms with Gasteiger partial charge in [0, 0.05) is 42.7 Å². The van der Waals surface area contributed by atoms with Crippen LogP contribution < -0.4 is 4.90 Å². The van der Waals surface area contributed by atoms with Gasteiger partial charge < -0.3 is 19.8 Å². The zero-order valence-corrected chi connectivity index (χ0v) is 23.0. The van der Waals surface area contributed by atoms with E-state index in [9.17, 15) is 19.5 Å². The summed E-state index contributed by atoms with van der Waals surface area (Å²) in [4.78, 5) is 47.8. The number of fused-ring (bicyclic) bond motifs is 1. The van der Waals surface area contributed by atoms with Crippen molar-refractivity contribution in [1.82, 2.24) is 9.80 Å². The van der Waals surface area contributed by atoms with Crippen molar-refractivity contribution in [1.29, 1.82) is 0 Å². The van der Waals surface area contributed by atoms with Gasteiger partial charge in [-0.15, -0.1) is 24.9 Å². The standard InChI is InChI=1S/C29H39N3O4S/c1-6-16-30(20(3)4)27(36)24-29-15-14-28(5,37-29)22(23(29)26(35)32(24)18-11-19-33)25(34)31(17-7-2)21-12-9-8-10-13-21/h6-10,12-13,20,22-24,33H,1-2,11,14-19H2,3-5H3/t22-,23+,24?,28+,29?/m1/s1. The second-order valence-corrected chi connectivity index (χ2v) is 12.7. The van der Waals surface area contributed by atoms with Gasteiger partial charge in [-0.05, 0) is 52.2 Å². The van der Waals surface area contributed by atoms with Crippen LogP contribution in [0.4, 0.5) is 5.69 Å². The zero-order chi connectivity index (χ0) is 27.0. The fourth-order valence-electron chi connectivity index (χ4n) is 6.64. The molecular weight excluding hydrogens is 486 g/mol. The van der Waals surface area contributed by atoms with E-state index in [-0.39, 0.29) is 36.9 Å². The van der Waals surface area contributed by atoms with Gasteiger partial charge in [-0.2, -0.15) is 0 Å². The maximum absolute atomic E-state index is 14.3. The van der Waals surface area contributed by atoms with Gasteiger partial charge in [-0.25, -0.2) is 0 Å². The van der Waals surface area contributed by atoms with Crippen LogP contribution in [0.15, 0.2) is 55.6 Å². The summed E-state index contributed by atoms with van der Waals surface area (Å²) < 4.78 is -1.13. The number of thioether (sulfide) groups is 1. The third-order valence-electron chi connectivity index (χ3n) is 8.21. The summed E-state index contributed by atoms with van der Waals surface area (Å²) in [6, 6.07) is 8.75. The molecule has 3 fully saturated rings. The number of hydrogen-bond acceptors (Lipinski definition) is 5. The van der Waals surface area contributed by atoms with Crippen molar-refractivity contribution in [3.63, 3.8) is 0 Å². The van der Waals surface area contributed by atoms with Crippen LogP contribution in [0.3, 0.4) is 0 Å². The average Bonchev–Trinajstić information content (AvgIpc) is 3.44. The van der Waals surface area contributed by atoms with E-state index in [1.807, 2.05) is 44.2 Å². The highest BCUT2D eigenvalue weighted by molar-refractivity contribution is 8.02. The number of benzene rings is 1. The highest BCUT2D eigenvalue weighted by atomic mass is 32.2. The van der Waals surface area contributed by atoms with Gasteiger partial charge in [0.25, 0.3) is 0 Å². The Balaban J connectivity index is 1.79. The van der Waals surface area contributed by atoms with Gasteiger partial charge in [0.2, 0.25) is 17.7 Å². The fraction of sp³-hybridized carbons (Fsp3) is 0.552. The van der Waals surface area contributed by atoms with E-state index in [4.69, 9.17) is 0 Å². The molecule has 1 aromatic rings.